The van der Waals surface area contributed by atoms with Crippen molar-refractivity contribution in [2.75, 3.05) is 0 Å². The van der Waals surface area contributed by atoms with Gasteiger partial charge >= 0.3 is 0 Å². The molecule has 2 radical (unpaired) electrons. The zero-order chi connectivity index (χ0) is 17.2. The molecule has 0 unspecified atom stereocenters. The average molecular weight is 340 g/mol. The van der Waals surface area contributed by atoms with Gasteiger partial charge in [-0.15, -0.1) is 0 Å². The first-order valence-electron chi connectivity index (χ1n) is 12.1. The summed E-state index contributed by atoms with van der Waals surface area (Å²) < 4.78 is 0. The Morgan fingerprint density at radius 3 is 1.32 bits per heavy atom. The number of rotatable bonds is 4. The van der Waals surface area contributed by atoms with E-state index in [-0.39, 0.29) is 0 Å². The fourth-order valence-corrected chi connectivity index (χ4v) is 5.60. The van der Waals surface area contributed by atoms with Gasteiger partial charge in [0.25, 0.3) is 0 Å². The predicted molar refractivity (Wildman–Crippen MR) is 114 cm³/mol. The van der Waals surface area contributed by atoms with Crippen LogP contribution in [0.25, 0.3) is 0 Å². The fraction of sp³-hybridized carbons (Fsp3) is 1.00. The maximum absolute atomic E-state index is 2.76. The predicted octanol–water partition coefficient (Wildman–Crippen LogP) is 7.72. The quantitative estimate of drug-likeness (QED) is 0.460. The highest BCUT2D eigenvalue weighted by Crippen LogP contribution is 2.61. The first kappa shape index (κ1) is 19.9. The lowest BCUT2D eigenvalue weighted by Gasteiger charge is -2.28. The van der Waals surface area contributed by atoms with E-state index in [0.29, 0.717) is 5.31 Å². The van der Waals surface area contributed by atoms with Crippen molar-refractivity contribution in [3.63, 3.8) is 0 Å². The van der Waals surface area contributed by atoms with Crippen LogP contribution in [0.3, 0.4) is 0 Å². The summed E-state index contributed by atoms with van der Waals surface area (Å²) in [5.74, 6) is 1.91. The molecule has 140 valence electrons. The Kier molecular flexibility index (Phi) is 8.81. The second kappa shape index (κ2) is 11.1. The third kappa shape index (κ3) is 6.99. The van der Waals surface area contributed by atoms with Crippen LogP contribution < -0.4 is 0 Å². The summed E-state index contributed by atoms with van der Waals surface area (Å²) in [6.45, 7) is 0. The average Bonchev–Trinajstić information content (AvgIpc) is 3.39. The van der Waals surface area contributed by atoms with Gasteiger partial charge in [-0.3, -0.25) is 0 Å². The number of hydrogen-bond acceptors (Lipinski definition) is 0. The van der Waals surface area contributed by atoms with Gasteiger partial charge < -0.3 is 0 Å². The lowest BCUT2D eigenvalue weighted by atomic mass is 9.25. The lowest BCUT2D eigenvalue weighted by molar-refractivity contribution is 0.391. The molecule has 3 rings (SSSR count). The summed E-state index contributed by atoms with van der Waals surface area (Å²) in [4.78, 5) is 0. The second-order valence-electron chi connectivity index (χ2n) is 9.65. The summed E-state index contributed by atoms with van der Waals surface area (Å²) in [6.07, 6.45) is 29.9. The summed E-state index contributed by atoms with van der Waals surface area (Å²) in [5.41, 5.74) is 0. The molecule has 0 nitrogen and oxygen atoms in total. The molecule has 2 heteroatoms. The van der Waals surface area contributed by atoms with Crippen molar-refractivity contribution in [1.82, 2.24) is 0 Å². The standard InChI is InChI=1S/C23H42B2/c1-2-4-10-14-18-22(17-13-9-3-1)24-25-23(19-20-23)21-15-11-7-5-6-8-12-16-21/h21-22H,1-20H2. The molecule has 0 aromatic rings. The fourth-order valence-electron chi connectivity index (χ4n) is 5.60. The second-order valence-corrected chi connectivity index (χ2v) is 9.65. The minimum atomic E-state index is 0.649. The van der Waals surface area contributed by atoms with Gasteiger partial charge in [-0.05, 0) is 5.92 Å². The van der Waals surface area contributed by atoms with Gasteiger partial charge in [-0.1, -0.05) is 140 Å². The summed E-state index contributed by atoms with van der Waals surface area (Å²) in [5, 5.41) is 0.649. The summed E-state index contributed by atoms with van der Waals surface area (Å²) in [7, 11) is 5.48. The van der Waals surface area contributed by atoms with Gasteiger partial charge in [0, 0.05) is 0 Å². The highest BCUT2D eigenvalue weighted by molar-refractivity contribution is 7.03. The topological polar surface area (TPSA) is 0 Å². The van der Waals surface area contributed by atoms with E-state index in [1.54, 1.807) is 0 Å². The van der Waals surface area contributed by atoms with Crippen LogP contribution in [-0.2, 0) is 0 Å². The third-order valence-corrected chi connectivity index (χ3v) is 7.60. The summed E-state index contributed by atoms with van der Waals surface area (Å²) in [6, 6.07) is 0. The smallest absolute Gasteiger partial charge is 0.0745 e. The molecule has 3 fully saturated rings. The zero-order valence-electron chi connectivity index (χ0n) is 17.0. The molecule has 3 saturated carbocycles. The van der Waals surface area contributed by atoms with Crippen LogP contribution in [0.2, 0.25) is 11.1 Å². The molecule has 0 heterocycles. The van der Waals surface area contributed by atoms with E-state index in [9.17, 15) is 0 Å². The van der Waals surface area contributed by atoms with Gasteiger partial charge in [-0.25, -0.2) is 0 Å². The van der Waals surface area contributed by atoms with Crippen molar-refractivity contribution in [2.45, 2.75) is 140 Å². The van der Waals surface area contributed by atoms with Gasteiger partial charge in [-0.2, -0.15) is 0 Å². The van der Waals surface area contributed by atoms with Crippen molar-refractivity contribution in [3.05, 3.63) is 0 Å². The van der Waals surface area contributed by atoms with Crippen molar-refractivity contribution in [2.24, 2.45) is 5.92 Å². The molecule has 0 saturated heterocycles. The van der Waals surface area contributed by atoms with E-state index in [0.717, 1.165) is 11.7 Å². The minimum Gasteiger partial charge on any atom is -0.0774 e. The Bertz CT molecular complexity index is 328. The van der Waals surface area contributed by atoms with Crippen LogP contribution in [0.1, 0.15) is 128 Å². The van der Waals surface area contributed by atoms with Crippen LogP contribution in [0.4, 0.5) is 0 Å². The molecule has 3 aliphatic carbocycles. The molecule has 0 aromatic carbocycles. The monoisotopic (exact) mass is 340 g/mol. The van der Waals surface area contributed by atoms with Crippen LogP contribution in [0.5, 0.6) is 0 Å². The highest BCUT2D eigenvalue weighted by atomic mass is 14.4. The molecule has 0 N–H and O–H groups in total. The van der Waals surface area contributed by atoms with Crippen molar-refractivity contribution >= 4 is 14.3 Å². The van der Waals surface area contributed by atoms with Crippen LogP contribution >= 0.6 is 0 Å². The molecule has 0 atom stereocenters. The van der Waals surface area contributed by atoms with E-state index in [1.165, 1.54) is 128 Å². The van der Waals surface area contributed by atoms with E-state index in [1.807, 2.05) is 0 Å². The summed E-state index contributed by atoms with van der Waals surface area (Å²) >= 11 is 0. The van der Waals surface area contributed by atoms with Gasteiger partial charge in [0.1, 0.15) is 0 Å². The Balaban J connectivity index is 1.45. The first-order chi connectivity index (χ1) is 12.4. The van der Waals surface area contributed by atoms with Crippen LogP contribution in [0, 0.1) is 5.92 Å². The normalized spacial score (nSPS) is 28.0. The van der Waals surface area contributed by atoms with Crippen LogP contribution in [-0.4, -0.2) is 14.3 Å². The van der Waals surface area contributed by atoms with E-state index >= 15 is 0 Å². The van der Waals surface area contributed by atoms with Crippen molar-refractivity contribution in [1.29, 1.82) is 0 Å². The van der Waals surface area contributed by atoms with Crippen molar-refractivity contribution < 1.29 is 0 Å². The Morgan fingerprint density at radius 1 is 0.480 bits per heavy atom. The molecule has 0 spiro atoms. The molecule has 3 aliphatic rings. The third-order valence-electron chi connectivity index (χ3n) is 7.60. The van der Waals surface area contributed by atoms with E-state index in [2.05, 4.69) is 14.3 Å². The first-order valence-corrected chi connectivity index (χ1v) is 12.1. The zero-order valence-corrected chi connectivity index (χ0v) is 17.0. The molecule has 0 aromatic heterocycles. The maximum atomic E-state index is 2.76. The highest BCUT2D eigenvalue weighted by Gasteiger charge is 2.47. The number of hydrogen-bond donors (Lipinski definition) is 0. The molecule has 0 amide bonds. The van der Waals surface area contributed by atoms with Gasteiger partial charge in [0.15, 0.2) is 0 Å². The van der Waals surface area contributed by atoms with Gasteiger partial charge in [0.2, 0.25) is 0 Å². The van der Waals surface area contributed by atoms with Crippen molar-refractivity contribution in [3.8, 4) is 0 Å². The van der Waals surface area contributed by atoms with Crippen LogP contribution in [0.15, 0.2) is 0 Å². The lowest BCUT2D eigenvalue weighted by Crippen LogP contribution is -2.24. The molecule has 0 aliphatic heterocycles. The Hall–Kier alpha value is 0.130. The minimum absolute atomic E-state index is 0.649. The molecular formula is C23H42B2. The van der Waals surface area contributed by atoms with E-state index in [4.69, 9.17) is 0 Å². The molecular weight excluding hydrogens is 298 g/mol. The SMILES string of the molecule is [B]([B]C1(C2CCCCCCCC2)CC1)C1CCCCCCCCCC1. The van der Waals surface area contributed by atoms with E-state index < -0.39 is 0 Å². The largest absolute Gasteiger partial charge is 0.0774 e. The maximum Gasteiger partial charge on any atom is 0.0745 e. The Labute approximate surface area is 160 Å². The molecule has 0 bridgehead atoms. The van der Waals surface area contributed by atoms with Gasteiger partial charge in [0.05, 0.1) is 14.3 Å². The molecule has 25 heavy (non-hydrogen) atoms. The Morgan fingerprint density at radius 2 is 0.880 bits per heavy atom.